The average molecular weight is 191 g/mol. The van der Waals surface area contributed by atoms with Gasteiger partial charge in [-0.15, -0.1) is 0 Å². The second-order valence-corrected chi connectivity index (χ2v) is 3.26. The van der Waals surface area contributed by atoms with Gasteiger partial charge < -0.3 is 20.3 Å². The molecule has 0 saturated carbocycles. The number of aliphatic hydroxyl groups is 1. The van der Waals surface area contributed by atoms with Gasteiger partial charge in [0.05, 0.1) is 18.8 Å². The van der Waals surface area contributed by atoms with Crippen LogP contribution in [0.1, 0.15) is 20.3 Å². The summed E-state index contributed by atoms with van der Waals surface area (Å²) < 4.78 is 10.3. The van der Waals surface area contributed by atoms with Crippen molar-refractivity contribution in [2.24, 2.45) is 5.73 Å². The molecule has 0 aliphatic carbocycles. The first kappa shape index (κ1) is 12.8. The molecule has 4 nitrogen and oxygen atoms in total. The fourth-order valence-electron chi connectivity index (χ4n) is 0.758. The zero-order chi connectivity index (χ0) is 10.2. The van der Waals surface area contributed by atoms with Crippen molar-refractivity contribution >= 4 is 0 Å². The quantitative estimate of drug-likeness (QED) is 0.536. The van der Waals surface area contributed by atoms with E-state index in [1.165, 1.54) is 0 Å². The number of hydrogen-bond donors (Lipinski definition) is 2. The molecule has 0 aromatic carbocycles. The molecular weight excluding hydrogens is 170 g/mol. The maximum absolute atomic E-state index is 9.49. The molecule has 0 fully saturated rings. The molecule has 0 aliphatic heterocycles. The highest BCUT2D eigenvalue weighted by Gasteiger charge is 2.16. The smallest absolute Gasteiger partial charge is 0.0763 e. The Hall–Kier alpha value is -0.160. The van der Waals surface area contributed by atoms with Crippen LogP contribution in [-0.4, -0.2) is 43.7 Å². The van der Waals surface area contributed by atoms with Crippen LogP contribution in [0.2, 0.25) is 0 Å². The third-order valence-corrected chi connectivity index (χ3v) is 1.80. The summed E-state index contributed by atoms with van der Waals surface area (Å²) >= 11 is 0. The largest absolute Gasteiger partial charge is 0.389 e. The second-order valence-electron chi connectivity index (χ2n) is 3.26. The van der Waals surface area contributed by atoms with E-state index in [4.69, 9.17) is 15.2 Å². The van der Waals surface area contributed by atoms with Crippen molar-refractivity contribution in [1.29, 1.82) is 0 Å². The van der Waals surface area contributed by atoms with Gasteiger partial charge in [-0.25, -0.2) is 0 Å². The zero-order valence-electron chi connectivity index (χ0n) is 8.58. The molecule has 0 heterocycles. The first-order chi connectivity index (χ1) is 6.12. The predicted molar refractivity (Wildman–Crippen MR) is 51.6 cm³/mol. The van der Waals surface area contributed by atoms with Gasteiger partial charge in [-0.3, -0.25) is 0 Å². The number of nitrogens with two attached hydrogens (primary N) is 1. The number of ether oxygens (including phenoxy) is 2. The molecule has 80 valence electrons. The minimum absolute atomic E-state index is 0.266. The molecule has 0 saturated heterocycles. The molecular formula is C9H21NO3. The highest BCUT2D eigenvalue weighted by molar-refractivity contribution is 4.72. The van der Waals surface area contributed by atoms with Crippen molar-refractivity contribution in [2.75, 3.05) is 33.0 Å². The van der Waals surface area contributed by atoms with E-state index in [1.54, 1.807) is 6.92 Å². The fourth-order valence-corrected chi connectivity index (χ4v) is 0.758. The third kappa shape index (κ3) is 8.18. The lowest BCUT2D eigenvalue weighted by Gasteiger charge is -2.20. The first-order valence-corrected chi connectivity index (χ1v) is 4.70. The summed E-state index contributed by atoms with van der Waals surface area (Å²) in [4.78, 5) is 0. The normalized spacial score (nSPS) is 15.7. The van der Waals surface area contributed by atoms with E-state index >= 15 is 0 Å². The van der Waals surface area contributed by atoms with Gasteiger partial charge >= 0.3 is 0 Å². The summed E-state index contributed by atoms with van der Waals surface area (Å²) in [5, 5.41) is 9.49. The Bertz CT molecular complexity index is 117. The minimum atomic E-state index is -0.800. The van der Waals surface area contributed by atoms with Crippen LogP contribution < -0.4 is 5.73 Å². The third-order valence-electron chi connectivity index (χ3n) is 1.80. The SMILES string of the molecule is CCOCCOCCC(C)(O)CN. The van der Waals surface area contributed by atoms with E-state index in [2.05, 4.69) is 0 Å². The average Bonchev–Trinajstić information content (AvgIpc) is 2.11. The lowest BCUT2D eigenvalue weighted by atomic mass is 10.0. The summed E-state index contributed by atoms with van der Waals surface area (Å²) in [6.45, 7) is 6.34. The van der Waals surface area contributed by atoms with Gasteiger partial charge in [-0.1, -0.05) is 0 Å². The molecule has 0 aliphatic rings. The number of hydrogen-bond acceptors (Lipinski definition) is 4. The Labute approximate surface area is 80.0 Å². The summed E-state index contributed by atoms with van der Waals surface area (Å²) in [6.07, 6.45) is 0.565. The summed E-state index contributed by atoms with van der Waals surface area (Å²) in [5.74, 6) is 0. The van der Waals surface area contributed by atoms with Crippen LogP contribution in [0.15, 0.2) is 0 Å². The molecule has 3 N–H and O–H groups in total. The highest BCUT2D eigenvalue weighted by atomic mass is 16.5. The molecule has 1 atom stereocenters. The van der Waals surface area contributed by atoms with Gasteiger partial charge in [0.1, 0.15) is 0 Å². The van der Waals surface area contributed by atoms with Crippen molar-refractivity contribution in [1.82, 2.24) is 0 Å². The van der Waals surface area contributed by atoms with Crippen LogP contribution in [0.5, 0.6) is 0 Å². The lowest BCUT2D eigenvalue weighted by Crippen LogP contribution is -2.35. The van der Waals surface area contributed by atoms with Gasteiger partial charge in [0, 0.05) is 26.2 Å². The van der Waals surface area contributed by atoms with E-state index in [1.807, 2.05) is 6.92 Å². The Morgan fingerprint density at radius 2 is 1.85 bits per heavy atom. The maximum atomic E-state index is 9.49. The Balaban J connectivity index is 3.16. The molecule has 0 radical (unpaired) electrons. The maximum Gasteiger partial charge on any atom is 0.0763 e. The van der Waals surface area contributed by atoms with Gasteiger partial charge in [0.25, 0.3) is 0 Å². The Kier molecular flexibility index (Phi) is 7.17. The van der Waals surface area contributed by atoms with Crippen LogP contribution >= 0.6 is 0 Å². The molecule has 0 spiro atoms. The van der Waals surface area contributed by atoms with Crippen molar-refractivity contribution in [3.63, 3.8) is 0 Å². The molecule has 1 unspecified atom stereocenters. The van der Waals surface area contributed by atoms with Crippen LogP contribution in [0.3, 0.4) is 0 Å². The topological polar surface area (TPSA) is 64.7 Å². The van der Waals surface area contributed by atoms with Gasteiger partial charge in [0.15, 0.2) is 0 Å². The molecule has 0 aromatic rings. The van der Waals surface area contributed by atoms with Crippen molar-refractivity contribution < 1.29 is 14.6 Å². The van der Waals surface area contributed by atoms with E-state index < -0.39 is 5.60 Å². The fraction of sp³-hybridized carbons (Fsp3) is 1.00. The number of rotatable bonds is 8. The van der Waals surface area contributed by atoms with Crippen molar-refractivity contribution in [3.8, 4) is 0 Å². The van der Waals surface area contributed by atoms with E-state index in [9.17, 15) is 5.11 Å². The molecule has 0 aromatic heterocycles. The van der Waals surface area contributed by atoms with Gasteiger partial charge in [-0.05, 0) is 13.8 Å². The standard InChI is InChI=1S/C9H21NO3/c1-3-12-6-7-13-5-4-9(2,11)8-10/h11H,3-8,10H2,1-2H3. The van der Waals surface area contributed by atoms with E-state index in [-0.39, 0.29) is 6.54 Å². The molecule has 0 bridgehead atoms. The van der Waals surface area contributed by atoms with Crippen molar-refractivity contribution in [2.45, 2.75) is 25.9 Å². The summed E-state index contributed by atoms with van der Waals surface area (Å²) in [5.41, 5.74) is 4.54. The summed E-state index contributed by atoms with van der Waals surface area (Å²) in [7, 11) is 0. The summed E-state index contributed by atoms with van der Waals surface area (Å²) in [6, 6.07) is 0. The highest BCUT2D eigenvalue weighted by Crippen LogP contribution is 2.05. The van der Waals surface area contributed by atoms with Crippen LogP contribution in [0.25, 0.3) is 0 Å². The molecule has 0 amide bonds. The minimum Gasteiger partial charge on any atom is -0.389 e. The zero-order valence-corrected chi connectivity index (χ0v) is 8.58. The van der Waals surface area contributed by atoms with Crippen LogP contribution in [-0.2, 0) is 9.47 Å². The Morgan fingerprint density at radius 1 is 1.23 bits per heavy atom. The lowest BCUT2D eigenvalue weighted by molar-refractivity contribution is 0.00415. The monoisotopic (exact) mass is 191 g/mol. The first-order valence-electron chi connectivity index (χ1n) is 4.70. The van der Waals surface area contributed by atoms with Gasteiger partial charge in [0.2, 0.25) is 0 Å². The molecule has 4 heteroatoms. The molecule has 0 rings (SSSR count). The second kappa shape index (κ2) is 7.26. The van der Waals surface area contributed by atoms with Crippen LogP contribution in [0, 0.1) is 0 Å². The van der Waals surface area contributed by atoms with E-state index in [0.29, 0.717) is 32.8 Å². The van der Waals surface area contributed by atoms with Crippen LogP contribution in [0.4, 0.5) is 0 Å². The Morgan fingerprint density at radius 3 is 2.38 bits per heavy atom. The predicted octanol–water partition coefficient (Wildman–Crippen LogP) is 0.139. The van der Waals surface area contributed by atoms with Gasteiger partial charge in [-0.2, -0.15) is 0 Å². The molecule has 13 heavy (non-hydrogen) atoms. The van der Waals surface area contributed by atoms with E-state index in [0.717, 1.165) is 0 Å². The van der Waals surface area contributed by atoms with Crippen molar-refractivity contribution in [3.05, 3.63) is 0 Å².